The van der Waals surface area contributed by atoms with E-state index in [1.807, 2.05) is 49.1 Å². The predicted octanol–water partition coefficient (Wildman–Crippen LogP) is 3.74. The molecule has 2 aromatic carbocycles. The van der Waals surface area contributed by atoms with Gasteiger partial charge in [0.25, 0.3) is 5.91 Å². The number of nitrogens with zero attached hydrogens (tertiary/aromatic N) is 1. The minimum atomic E-state index is -0.613. The number of likely N-dealkylation sites (tertiary alicyclic amines) is 1. The van der Waals surface area contributed by atoms with E-state index in [2.05, 4.69) is 18.3 Å². The zero-order valence-electron chi connectivity index (χ0n) is 15.6. The molecule has 0 aromatic heterocycles. The summed E-state index contributed by atoms with van der Waals surface area (Å²) in [6, 6.07) is 11.9. The van der Waals surface area contributed by atoms with Gasteiger partial charge in [0.1, 0.15) is 0 Å². The Labute approximate surface area is 154 Å². The largest absolute Gasteiger partial charge is 0.337 e. The molecule has 0 unspecified atom stereocenters. The topological polar surface area (TPSA) is 49.4 Å². The smallest absolute Gasteiger partial charge is 0.254 e. The van der Waals surface area contributed by atoms with Crippen LogP contribution in [0.4, 0.5) is 5.69 Å². The van der Waals surface area contributed by atoms with Gasteiger partial charge < -0.3 is 10.2 Å². The van der Waals surface area contributed by atoms with Crippen molar-refractivity contribution in [2.75, 3.05) is 18.4 Å². The standard InChI is InChI=1S/C22H24N2O2/c1-14-11-16(3)17(12-15(14)2)20(25)24-10-6-9-22(13-24)18-7-4-5-8-19(18)23-21(22)26/h4-5,7-8,11-12H,6,9-10,13H2,1-3H3,(H,23,26)/t22-/m0/s1. The molecule has 0 radical (unpaired) electrons. The Balaban J connectivity index is 1.69. The molecule has 1 atom stereocenters. The molecule has 2 heterocycles. The van der Waals surface area contributed by atoms with E-state index in [9.17, 15) is 9.59 Å². The van der Waals surface area contributed by atoms with Crippen molar-refractivity contribution in [3.05, 3.63) is 64.2 Å². The quantitative estimate of drug-likeness (QED) is 0.853. The lowest BCUT2D eigenvalue weighted by molar-refractivity contribution is -0.122. The van der Waals surface area contributed by atoms with Gasteiger partial charge in [-0.15, -0.1) is 0 Å². The first kappa shape index (κ1) is 16.8. The van der Waals surface area contributed by atoms with E-state index in [0.29, 0.717) is 13.1 Å². The van der Waals surface area contributed by atoms with Crippen LogP contribution in [0.2, 0.25) is 0 Å². The van der Waals surface area contributed by atoms with Gasteiger partial charge in [-0.2, -0.15) is 0 Å². The lowest BCUT2D eigenvalue weighted by Crippen LogP contribution is -2.52. The fourth-order valence-corrected chi connectivity index (χ4v) is 4.37. The van der Waals surface area contributed by atoms with Crippen molar-refractivity contribution >= 4 is 17.5 Å². The molecule has 2 amide bonds. The zero-order valence-corrected chi connectivity index (χ0v) is 15.6. The first-order valence-electron chi connectivity index (χ1n) is 9.20. The maximum atomic E-state index is 13.2. The summed E-state index contributed by atoms with van der Waals surface area (Å²) in [6.07, 6.45) is 1.61. The first-order chi connectivity index (χ1) is 12.4. The third-order valence-electron chi connectivity index (χ3n) is 5.98. The fraction of sp³-hybridized carbons (Fsp3) is 0.364. The third-order valence-corrected chi connectivity index (χ3v) is 5.98. The lowest BCUT2D eigenvalue weighted by Gasteiger charge is -2.39. The fourth-order valence-electron chi connectivity index (χ4n) is 4.37. The van der Waals surface area contributed by atoms with Crippen molar-refractivity contribution in [1.29, 1.82) is 0 Å². The average molecular weight is 348 g/mol. The van der Waals surface area contributed by atoms with Gasteiger partial charge in [-0.25, -0.2) is 0 Å². The molecule has 0 bridgehead atoms. The summed E-state index contributed by atoms with van der Waals surface area (Å²) in [4.78, 5) is 27.9. The highest BCUT2D eigenvalue weighted by molar-refractivity contribution is 6.07. The Bertz CT molecular complexity index is 918. The number of aryl methyl sites for hydroxylation is 3. The molecular weight excluding hydrogens is 324 g/mol. The SMILES string of the molecule is Cc1cc(C)c(C(=O)N2CCC[C@@]3(C2)C(=O)Nc2ccccc23)cc1C. The molecule has 1 N–H and O–H groups in total. The number of rotatable bonds is 1. The molecule has 1 saturated heterocycles. The maximum Gasteiger partial charge on any atom is 0.254 e. The van der Waals surface area contributed by atoms with E-state index in [1.165, 1.54) is 5.56 Å². The highest BCUT2D eigenvalue weighted by atomic mass is 16.2. The predicted molar refractivity (Wildman–Crippen MR) is 103 cm³/mol. The van der Waals surface area contributed by atoms with Crippen LogP contribution in [-0.2, 0) is 10.2 Å². The van der Waals surface area contributed by atoms with Crippen molar-refractivity contribution < 1.29 is 9.59 Å². The van der Waals surface area contributed by atoms with Gasteiger partial charge in [-0.1, -0.05) is 24.3 Å². The van der Waals surface area contributed by atoms with Gasteiger partial charge in [0.15, 0.2) is 0 Å². The van der Waals surface area contributed by atoms with Crippen LogP contribution in [0.3, 0.4) is 0 Å². The molecule has 4 nitrogen and oxygen atoms in total. The second-order valence-corrected chi connectivity index (χ2v) is 7.66. The van der Waals surface area contributed by atoms with Gasteiger partial charge in [0.2, 0.25) is 5.91 Å². The van der Waals surface area contributed by atoms with E-state index in [-0.39, 0.29) is 11.8 Å². The molecule has 0 aliphatic carbocycles. The number of anilines is 1. The summed E-state index contributed by atoms with van der Waals surface area (Å²) >= 11 is 0. The highest BCUT2D eigenvalue weighted by Gasteiger charge is 2.49. The second kappa shape index (κ2) is 5.97. The molecular formula is C22H24N2O2. The number of hydrogen-bond acceptors (Lipinski definition) is 2. The van der Waals surface area contributed by atoms with Crippen LogP contribution in [-0.4, -0.2) is 29.8 Å². The summed E-state index contributed by atoms with van der Waals surface area (Å²) in [5.74, 6) is 0.0508. The zero-order chi connectivity index (χ0) is 18.5. The van der Waals surface area contributed by atoms with Crippen molar-refractivity contribution in [2.45, 2.75) is 39.0 Å². The van der Waals surface area contributed by atoms with Crippen LogP contribution in [0.15, 0.2) is 36.4 Å². The summed E-state index contributed by atoms with van der Waals surface area (Å²) in [6.45, 7) is 7.22. The number of nitrogens with one attached hydrogen (secondary N) is 1. The molecule has 2 aromatic rings. The second-order valence-electron chi connectivity index (χ2n) is 7.66. The van der Waals surface area contributed by atoms with Gasteiger partial charge in [0.05, 0.1) is 5.41 Å². The Morgan fingerprint density at radius 3 is 2.62 bits per heavy atom. The molecule has 1 spiro atoms. The van der Waals surface area contributed by atoms with Crippen LogP contribution in [0, 0.1) is 20.8 Å². The Kier molecular flexibility index (Phi) is 3.87. The van der Waals surface area contributed by atoms with E-state index in [0.717, 1.165) is 40.8 Å². The molecule has 4 rings (SSSR count). The molecule has 1 fully saturated rings. The molecule has 26 heavy (non-hydrogen) atoms. The lowest BCUT2D eigenvalue weighted by atomic mass is 9.75. The van der Waals surface area contributed by atoms with Crippen molar-refractivity contribution in [2.24, 2.45) is 0 Å². The Morgan fingerprint density at radius 1 is 1.08 bits per heavy atom. The van der Waals surface area contributed by atoms with E-state index < -0.39 is 5.41 Å². The minimum absolute atomic E-state index is 0.0213. The number of carbonyl (C=O) groups is 2. The molecule has 134 valence electrons. The van der Waals surface area contributed by atoms with E-state index in [4.69, 9.17) is 0 Å². The Hall–Kier alpha value is -2.62. The summed E-state index contributed by atoms with van der Waals surface area (Å²) in [7, 11) is 0. The summed E-state index contributed by atoms with van der Waals surface area (Å²) < 4.78 is 0. The monoisotopic (exact) mass is 348 g/mol. The highest BCUT2D eigenvalue weighted by Crippen LogP contribution is 2.43. The van der Waals surface area contributed by atoms with Crippen molar-refractivity contribution in [3.8, 4) is 0 Å². The Morgan fingerprint density at radius 2 is 1.81 bits per heavy atom. The molecule has 2 aliphatic rings. The first-order valence-corrected chi connectivity index (χ1v) is 9.20. The van der Waals surface area contributed by atoms with Gasteiger partial charge in [-0.3, -0.25) is 9.59 Å². The number of amides is 2. The molecule has 2 aliphatic heterocycles. The number of piperidine rings is 1. The van der Waals surface area contributed by atoms with E-state index in [1.54, 1.807) is 0 Å². The minimum Gasteiger partial charge on any atom is -0.337 e. The van der Waals surface area contributed by atoms with Crippen LogP contribution >= 0.6 is 0 Å². The maximum absolute atomic E-state index is 13.2. The van der Waals surface area contributed by atoms with Crippen LogP contribution in [0.25, 0.3) is 0 Å². The number of para-hydroxylation sites is 1. The van der Waals surface area contributed by atoms with Crippen LogP contribution < -0.4 is 5.32 Å². The third kappa shape index (κ3) is 2.44. The average Bonchev–Trinajstić information content (AvgIpc) is 2.89. The van der Waals surface area contributed by atoms with Crippen LogP contribution in [0.5, 0.6) is 0 Å². The molecule has 4 heteroatoms. The summed E-state index contributed by atoms with van der Waals surface area (Å²) in [5.41, 5.74) is 5.35. The normalized spacial score (nSPS) is 21.7. The van der Waals surface area contributed by atoms with E-state index >= 15 is 0 Å². The molecule has 0 saturated carbocycles. The van der Waals surface area contributed by atoms with Gasteiger partial charge in [0, 0.05) is 24.3 Å². The number of fused-ring (bicyclic) bond motifs is 2. The summed E-state index contributed by atoms with van der Waals surface area (Å²) in [5, 5.41) is 3.01. The van der Waals surface area contributed by atoms with Crippen molar-refractivity contribution in [3.63, 3.8) is 0 Å². The van der Waals surface area contributed by atoms with Crippen molar-refractivity contribution in [1.82, 2.24) is 4.90 Å². The number of carbonyl (C=O) groups excluding carboxylic acids is 2. The van der Waals surface area contributed by atoms with Gasteiger partial charge in [-0.05, 0) is 68.0 Å². The van der Waals surface area contributed by atoms with Gasteiger partial charge >= 0.3 is 0 Å². The van der Waals surface area contributed by atoms with Crippen LogP contribution in [0.1, 0.15) is 45.5 Å². The number of hydrogen-bond donors (Lipinski definition) is 1. The number of benzene rings is 2.